The average molecular weight is 229 g/mol. The number of aliphatic hydroxyl groups excluding tert-OH is 1. The number of nitrogens with zero attached hydrogens (tertiary/aromatic N) is 1. The first kappa shape index (κ1) is 12.3. The standard InChI is InChI=1S/C11H17ClN2O/c1-3-11(2,6-8-15)14-10-9(12)5-4-7-13-10/h4-5,7,15H,3,6,8H2,1-2H3,(H,13,14). The molecule has 1 atom stereocenters. The van der Waals surface area contributed by atoms with Gasteiger partial charge in [0.1, 0.15) is 5.82 Å². The van der Waals surface area contributed by atoms with E-state index in [1.165, 1.54) is 0 Å². The number of aromatic nitrogens is 1. The van der Waals surface area contributed by atoms with E-state index in [-0.39, 0.29) is 12.1 Å². The summed E-state index contributed by atoms with van der Waals surface area (Å²) in [5.41, 5.74) is -0.160. The lowest BCUT2D eigenvalue weighted by molar-refractivity contribution is 0.252. The Labute approximate surface area is 95.5 Å². The maximum absolute atomic E-state index is 8.99. The predicted octanol–water partition coefficient (Wildman–Crippen LogP) is 2.70. The van der Waals surface area contributed by atoms with Gasteiger partial charge in [-0.1, -0.05) is 18.5 Å². The summed E-state index contributed by atoms with van der Waals surface area (Å²) in [6, 6.07) is 3.59. The van der Waals surface area contributed by atoms with E-state index in [0.717, 1.165) is 6.42 Å². The van der Waals surface area contributed by atoms with Crippen LogP contribution in [-0.4, -0.2) is 22.2 Å². The number of aliphatic hydroxyl groups is 1. The molecule has 0 bridgehead atoms. The van der Waals surface area contributed by atoms with Gasteiger partial charge >= 0.3 is 0 Å². The van der Waals surface area contributed by atoms with Crippen LogP contribution in [0.15, 0.2) is 18.3 Å². The van der Waals surface area contributed by atoms with Crippen LogP contribution in [-0.2, 0) is 0 Å². The molecule has 1 rings (SSSR count). The Balaban J connectivity index is 2.79. The summed E-state index contributed by atoms with van der Waals surface area (Å²) in [6.45, 7) is 4.27. The van der Waals surface area contributed by atoms with Crippen molar-refractivity contribution in [2.75, 3.05) is 11.9 Å². The fourth-order valence-corrected chi connectivity index (χ4v) is 1.51. The quantitative estimate of drug-likeness (QED) is 0.815. The highest BCUT2D eigenvalue weighted by Gasteiger charge is 2.22. The summed E-state index contributed by atoms with van der Waals surface area (Å²) in [4.78, 5) is 4.17. The summed E-state index contributed by atoms with van der Waals surface area (Å²) in [5, 5.41) is 12.9. The third-order valence-electron chi connectivity index (χ3n) is 2.62. The number of nitrogens with one attached hydrogen (secondary N) is 1. The van der Waals surface area contributed by atoms with Crippen LogP contribution in [0.25, 0.3) is 0 Å². The van der Waals surface area contributed by atoms with Crippen LogP contribution in [0.1, 0.15) is 26.7 Å². The summed E-state index contributed by atoms with van der Waals surface area (Å²) in [7, 11) is 0. The molecule has 1 aromatic rings. The maximum Gasteiger partial charge on any atom is 0.145 e. The molecule has 3 nitrogen and oxygen atoms in total. The van der Waals surface area contributed by atoms with E-state index in [1.54, 1.807) is 18.3 Å². The molecule has 15 heavy (non-hydrogen) atoms. The van der Waals surface area contributed by atoms with E-state index in [2.05, 4.69) is 17.2 Å². The molecule has 0 aromatic carbocycles. The summed E-state index contributed by atoms with van der Waals surface area (Å²) >= 11 is 6.00. The van der Waals surface area contributed by atoms with Crippen LogP contribution in [0.3, 0.4) is 0 Å². The van der Waals surface area contributed by atoms with Gasteiger partial charge in [0.25, 0.3) is 0 Å². The van der Waals surface area contributed by atoms with E-state index >= 15 is 0 Å². The number of hydrogen-bond acceptors (Lipinski definition) is 3. The van der Waals surface area contributed by atoms with Crippen LogP contribution < -0.4 is 5.32 Å². The van der Waals surface area contributed by atoms with Crippen molar-refractivity contribution >= 4 is 17.4 Å². The molecule has 0 aliphatic rings. The van der Waals surface area contributed by atoms with Gasteiger partial charge in [-0.15, -0.1) is 0 Å². The fourth-order valence-electron chi connectivity index (χ4n) is 1.34. The number of rotatable bonds is 5. The highest BCUT2D eigenvalue weighted by molar-refractivity contribution is 6.32. The number of pyridine rings is 1. The molecule has 4 heteroatoms. The lowest BCUT2D eigenvalue weighted by Crippen LogP contribution is -2.35. The molecule has 0 aliphatic carbocycles. The number of halogens is 1. The van der Waals surface area contributed by atoms with Crippen LogP contribution >= 0.6 is 11.6 Å². The first-order valence-corrected chi connectivity index (χ1v) is 5.48. The Kier molecular flexibility index (Phi) is 4.36. The van der Waals surface area contributed by atoms with Crippen molar-refractivity contribution in [3.8, 4) is 0 Å². The first-order chi connectivity index (χ1) is 7.11. The predicted molar refractivity (Wildman–Crippen MR) is 63.3 cm³/mol. The van der Waals surface area contributed by atoms with Crippen molar-refractivity contribution < 1.29 is 5.11 Å². The lowest BCUT2D eigenvalue weighted by atomic mass is 9.95. The Morgan fingerprint density at radius 1 is 1.60 bits per heavy atom. The molecule has 1 aromatic heterocycles. The zero-order valence-corrected chi connectivity index (χ0v) is 9.88. The van der Waals surface area contributed by atoms with Crippen molar-refractivity contribution in [3.63, 3.8) is 0 Å². The van der Waals surface area contributed by atoms with Crippen molar-refractivity contribution in [3.05, 3.63) is 23.4 Å². The molecule has 0 spiro atoms. The minimum absolute atomic E-state index is 0.155. The Morgan fingerprint density at radius 2 is 2.33 bits per heavy atom. The van der Waals surface area contributed by atoms with Gasteiger partial charge < -0.3 is 10.4 Å². The summed E-state index contributed by atoms with van der Waals surface area (Å²) in [6.07, 6.45) is 3.28. The third kappa shape index (κ3) is 3.36. The summed E-state index contributed by atoms with van der Waals surface area (Å²) in [5.74, 6) is 0.678. The topological polar surface area (TPSA) is 45.1 Å². The van der Waals surface area contributed by atoms with E-state index in [0.29, 0.717) is 17.3 Å². The minimum Gasteiger partial charge on any atom is -0.396 e. The monoisotopic (exact) mass is 228 g/mol. The van der Waals surface area contributed by atoms with Gasteiger partial charge in [-0.05, 0) is 31.9 Å². The Morgan fingerprint density at radius 3 is 2.87 bits per heavy atom. The highest BCUT2D eigenvalue weighted by Crippen LogP contribution is 2.25. The zero-order chi connectivity index (χ0) is 11.3. The molecule has 1 heterocycles. The average Bonchev–Trinajstić information content (AvgIpc) is 2.22. The van der Waals surface area contributed by atoms with Crippen LogP contribution in [0.5, 0.6) is 0 Å². The molecule has 0 radical (unpaired) electrons. The summed E-state index contributed by atoms with van der Waals surface area (Å²) < 4.78 is 0. The fraction of sp³-hybridized carbons (Fsp3) is 0.545. The van der Waals surface area contributed by atoms with Crippen LogP contribution in [0, 0.1) is 0 Å². The maximum atomic E-state index is 8.99. The van der Waals surface area contributed by atoms with Crippen molar-refractivity contribution in [2.45, 2.75) is 32.2 Å². The second kappa shape index (κ2) is 5.33. The molecule has 84 valence electrons. The third-order valence-corrected chi connectivity index (χ3v) is 2.93. The minimum atomic E-state index is -0.160. The Hall–Kier alpha value is -0.800. The van der Waals surface area contributed by atoms with E-state index in [1.807, 2.05) is 6.92 Å². The molecule has 2 N–H and O–H groups in total. The van der Waals surface area contributed by atoms with E-state index in [4.69, 9.17) is 16.7 Å². The van der Waals surface area contributed by atoms with Gasteiger partial charge in [0.05, 0.1) is 5.02 Å². The van der Waals surface area contributed by atoms with Gasteiger partial charge in [-0.2, -0.15) is 0 Å². The number of hydrogen-bond donors (Lipinski definition) is 2. The molecule has 0 fully saturated rings. The lowest BCUT2D eigenvalue weighted by Gasteiger charge is -2.29. The van der Waals surface area contributed by atoms with Gasteiger partial charge in [0, 0.05) is 18.3 Å². The molecule has 0 saturated carbocycles. The van der Waals surface area contributed by atoms with Gasteiger partial charge in [0.15, 0.2) is 0 Å². The zero-order valence-electron chi connectivity index (χ0n) is 9.13. The van der Waals surface area contributed by atoms with Gasteiger partial charge in [-0.25, -0.2) is 4.98 Å². The molecular formula is C11H17ClN2O. The van der Waals surface area contributed by atoms with Crippen molar-refractivity contribution in [1.29, 1.82) is 0 Å². The van der Waals surface area contributed by atoms with E-state index in [9.17, 15) is 0 Å². The van der Waals surface area contributed by atoms with Crippen molar-refractivity contribution in [1.82, 2.24) is 4.98 Å². The van der Waals surface area contributed by atoms with Gasteiger partial charge in [0.2, 0.25) is 0 Å². The van der Waals surface area contributed by atoms with Crippen LogP contribution in [0.2, 0.25) is 5.02 Å². The largest absolute Gasteiger partial charge is 0.396 e. The van der Waals surface area contributed by atoms with Crippen molar-refractivity contribution in [2.24, 2.45) is 0 Å². The van der Waals surface area contributed by atoms with Gasteiger partial charge in [-0.3, -0.25) is 0 Å². The Bertz CT molecular complexity index is 319. The smallest absolute Gasteiger partial charge is 0.145 e. The molecule has 0 saturated heterocycles. The first-order valence-electron chi connectivity index (χ1n) is 5.11. The SMILES string of the molecule is CCC(C)(CCO)Nc1ncccc1Cl. The molecule has 0 aliphatic heterocycles. The highest BCUT2D eigenvalue weighted by atomic mass is 35.5. The molecule has 1 unspecified atom stereocenters. The van der Waals surface area contributed by atoms with Crippen LogP contribution in [0.4, 0.5) is 5.82 Å². The second-order valence-corrected chi connectivity index (χ2v) is 4.25. The normalized spacial score (nSPS) is 14.7. The van der Waals surface area contributed by atoms with E-state index < -0.39 is 0 Å². The molecular weight excluding hydrogens is 212 g/mol. The molecule has 0 amide bonds. The number of anilines is 1. The second-order valence-electron chi connectivity index (χ2n) is 3.85.